The summed E-state index contributed by atoms with van der Waals surface area (Å²) in [5.74, 6) is -0.691. The van der Waals surface area contributed by atoms with Gasteiger partial charge in [-0.25, -0.2) is 9.95 Å². The summed E-state index contributed by atoms with van der Waals surface area (Å²) in [4.78, 5) is 38.3. The number of rotatable bonds is 5. The van der Waals surface area contributed by atoms with Gasteiger partial charge in [0.1, 0.15) is 0 Å². The summed E-state index contributed by atoms with van der Waals surface area (Å²) >= 11 is 0. The van der Waals surface area contributed by atoms with Crippen molar-refractivity contribution in [2.45, 2.75) is 39.7 Å². The van der Waals surface area contributed by atoms with Crippen LogP contribution in [-0.4, -0.2) is 27.9 Å². The summed E-state index contributed by atoms with van der Waals surface area (Å²) in [5, 5.41) is 10.3. The fraction of sp³-hybridized carbons (Fsp3) is 0.353. The molecule has 2 aromatic rings. The van der Waals surface area contributed by atoms with Crippen molar-refractivity contribution in [3.05, 3.63) is 45.4 Å². The molecule has 3 rings (SSSR count). The average molecular weight is 401 g/mol. The van der Waals surface area contributed by atoms with E-state index in [0.29, 0.717) is 24.1 Å². The number of fused-ring (bicyclic) bond motifs is 1. The van der Waals surface area contributed by atoms with Crippen LogP contribution in [0.25, 0.3) is 0 Å². The molecule has 0 radical (unpaired) electrons. The van der Waals surface area contributed by atoms with E-state index in [-0.39, 0.29) is 51.3 Å². The molecule has 0 unspecified atom stereocenters. The van der Waals surface area contributed by atoms with E-state index in [1.54, 1.807) is 25.1 Å². The first-order valence-corrected chi connectivity index (χ1v) is 8.10. The summed E-state index contributed by atoms with van der Waals surface area (Å²) in [6, 6.07) is 4.68. The van der Waals surface area contributed by atoms with Gasteiger partial charge in [-0.05, 0) is 31.9 Å². The number of carbonyl (C=O) groups excluding carboxylic acids is 2. The molecule has 0 spiro atoms. The molecule has 1 N–H and O–H groups in total. The Kier molecular flexibility index (Phi) is 5.92. The molecule has 0 atom stereocenters. The Balaban J connectivity index is 0.00000243. The monoisotopic (exact) mass is 400 g/mol. The number of imide groups is 1. The van der Waals surface area contributed by atoms with Crippen LogP contribution in [0.4, 0.5) is 11.4 Å². The molecule has 0 saturated carbocycles. The van der Waals surface area contributed by atoms with Crippen molar-refractivity contribution in [1.29, 1.82) is 0 Å². The summed E-state index contributed by atoms with van der Waals surface area (Å²) < 4.78 is 4.63. The minimum absolute atomic E-state index is 0. The SMILES string of the molecule is CCC(CC)N1C(=O)c2cccc(N=Nc3c(C)[nH]oc3=O)c2C1=O.[Ni+2]. The van der Waals surface area contributed by atoms with Crippen molar-refractivity contribution in [2.24, 2.45) is 10.2 Å². The fourth-order valence-electron chi connectivity index (χ4n) is 2.95. The molecular formula is C17H18N4NiO4+2. The van der Waals surface area contributed by atoms with Gasteiger partial charge in [-0.3, -0.25) is 14.5 Å². The predicted molar refractivity (Wildman–Crippen MR) is 89.6 cm³/mol. The number of hydrogen-bond donors (Lipinski definition) is 1. The van der Waals surface area contributed by atoms with Crippen molar-refractivity contribution in [3.8, 4) is 0 Å². The number of aromatic nitrogens is 1. The largest absolute Gasteiger partial charge is 2.00 e. The topological polar surface area (TPSA) is 108 Å². The first kappa shape index (κ1) is 19.8. The number of hydrogen-bond acceptors (Lipinski definition) is 6. The average Bonchev–Trinajstić information content (AvgIpc) is 3.06. The molecule has 0 fully saturated rings. The van der Waals surface area contributed by atoms with E-state index < -0.39 is 5.63 Å². The van der Waals surface area contributed by atoms with E-state index in [1.165, 1.54) is 4.90 Å². The predicted octanol–water partition coefficient (Wildman–Crippen LogP) is 3.47. The van der Waals surface area contributed by atoms with Gasteiger partial charge in [0.05, 0.1) is 22.5 Å². The Morgan fingerprint density at radius 3 is 2.38 bits per heavy atom. The standard InChI is InChI=1S/C17H18N4O4.Ni/c1-4-10(5-2)21-15(22)11-7-6-8-12(13(11)16(21)23)18-19-14-9(3)20-25-17(14)24;/h6-8,10,20H,4-5H2,1-3H3;/q;+2. The second-order valence-corrected chi connectivity index (χ2v) is 5.82. The number of carbonyl (C=O) groups is 2. The van der Waals surface area contributed by atoms with Crippen molar-refractivity contribution >= 4 is 23.2 Å². The maximum Gasteiger partial charge on any atom is 2.00 e. The summed E-state index contributed by atoms with van der Waals surface area (Å²) in [5.41, 5.74) is 0.611. The number of aryl methyl sites for hydroxylation is 1. The van der Waals surface area contributed by atoms with Gasteiger partial charge in [-0.2, -0.15) is 0 Å². The third kappa shape index (κ3) is 3.14. The summed E-state index contributed by atoms with van der Waals surface area (Å²) in [6.45, 7) is 5.50. The Morgan fingerprint density at radius 2 is 1.81 bits per heavy atom. The maximum atomic E-state index is 12.8. The van der Waals surface area contributed by atoms with E-state index in [4.69, 9.17) is 0 Å². The third-order valence-corrected chi connectivity index (χ3v) is 4.34. The smallest absolute Gasteiger partial charge is 0.336 e. The molecule has 138 valence electrons. The van der Waals surface area contributed by atoms with Crippen LogP contribution in [-0.2, 0) is 16.5 Å². The molecule has 1 aliphatic rings. The van der Waals surface area contributed by atoms with Gasteiger partial charge >= 0.3 is 22.1 Å². The van der Waals surface area contributed by atoms with Gasteiger partial charge in [0.15, 0.2) is 5.69 Å². The van der Waals surface area contributed by atoms with Crippen LogP contribution in [0, 0.1) is 6.92 Å². The Hall–Kier alpha value is -2.54. The van der Waals surface area contributed by atoms with Gasteiger partial charge in [-0.15, -0.1) is 10.2 Å². The zero-order chi connectivity index (χ0) is 18.1. The number of aromatic amines is 1. The van der Waals surface area contributed by atoms with E-state index >= 15 is 0 Å². The first-order chi connectivity index (χ1) is 12.0. The van der Waals surface area contributed by atoms with Crippen LogP contribution >= 0.6 is 0 Å². The zero-order valence-corrected chi connectivity index (χ0v) is 15.5. The quantitative estimate of drug-likeness (QED) is 0.470. The van der Waals surface area contributed by atoms with Crippen molar-refractivity contribution < 1.29 is 30.6 Å². The molecule has 1 aliphatic heterocycles. The number of benzene rings is 1. The number of nitrogens with one attached hydrogen (secondary N) is 1. The van der Waals surface area contributed by atoms with E-state index in [2.05, 4.69) is 19.9 Å². The molecule has 0 aliphatic carbocycles. The summed E-state index contributed by atoms with van der Waals surface area (Å²) in [7, 11) is 0. The Labute approximate surface area is 159 Å². The summed E-state index contributed by atoms with van der Waals surface area (Å²) in [6.07, 6.45) is 1.37. The van der Waals surface area contributed by atoms with E-state index in [1.807, 2.05) is 13.8 Å². The van der Waals surface area contributed by atoms with Crippen LogP contribution in [0.3, 0.4) is 0 Å². The minimum Gasteiger partial charge on any atom is -0.336 e. The van der Waals surface area contributed by atoms with Gasteiger partial charge < -0.3 is 4.52 Å². The van der Waals surface area contributed by atoms with Gasteiger partial charge in [0.25, 0.3) is 11.8 Å². The van der Waals surface area contributed by atoms with E-state index in [9.17, 15) is 14.4 Å². The Morgan fingerprint density at radius 1 is 1.12 bits per heavy atom. The van der Waals surface area contributed by atoms with Crippen molar-refractivity contribution in [3.63, 3.8) is 0 Å². The minimum atomic E-state index is -0.644. The van der Waals surface area contributed by atoms with E-state index in [0.717, 1.165) is 0 Å². The molecule has 2 heterocycles. The normalized spacial score (nSPS) is 13.6. The van der Waals surface area contributed by atoms with Gasteiger partial charge in [0, 0.05) is 6.04 Å². The molecule has 2 amide bonds. The van der Waals surface area contributed by atoms with Gasteiger partial charge in [-0.1, -0.05) is 19.9 Å². The molecule has 8 nitrogen and oxygen atoms in total. The molecule has 0 bridgehead atoms. The van der Waals surface area contributed by atoms with Crippen LogP contribution in [0.5, 0.6) is 0 Å². The molecule has 1 aromatic carbocycles. The van der Waals surface area contributed by atoms with Gasteiger partial charge in [0.2, 0.25) is 0 Å². The van der Waals surface area contributed by atoms with Crippen LogP contribution < -0.4 is 5.63 Å². The zero-order valence-electron chi connectivity index (χ0n) is 14.5. The second kappa shape index (κ2) is 7.78. The molecule has 9 heteroatoms. The third-order valence-electron chi connectivity index (χ3n) is 4.34. The van der Waals surface area contributed by atoms with Crippen molar-refractivity contribution in [1.82, 2.24) is 10.1 Å². The molecular weight excluding hydrogens is 383 g/mol. The number of azo groups is 1. The van der Waals surface area contributed by atoms with Crippen molar-refractivity contribution in [2.75, 3.05) is 0 Å². The molecule has 0 saturated heterocycles. The Bertz CT molecular complexity index is 927. The molecule has 26 heavy (non-hydrogen) atoms. The van der Waals surface area contributed by atoms with Crippen LogP contribution in [0.15, 0.2) is 37.7 Å². The number of nitrogens with zero attached hydrogens (tertiary/aromatic N) is 3. The van der Waals surface area contributed by atoms with Crippen LogP contribution in [0.2, 0.25) is 0 Å². The second-order valence-electron chi connectivity index (χ2n) is 5.82. The van der Waals surface area contributed by atoms with Crippen LogP contribution in [0.1, 0.15) is 53.1 Å². The fourth-order valence-corrected chi connectivity index (χ4v) is 2.95. The number of H-pyrrole nitrogens is 1. The molecule has 1 aromatic heterocycles. The number of amides is 2. The maximum absolute atomic E-state index is 12.8. The first-order valence-electron chi connectivity index (χ1n) is 8.10.